The number of amides is 1. The third-order valence-corrected chi connectivity index (χ3v) is 3.98. The van der Waals surface area contributed by atoms with Gasteiger partial charge in [0.15, 0.2) is 5.82 Å². The standard InChI is InChI=1S/C20H22N4O2/c1-16(26-15-18-5-3-2-4-6-18)20(25)22-19-10-14-24(23-19)13-9-17-7-11-21-12-8-17/h2-8,10-12,14,16H,9,13,15H2,1H3,(H,22,23,25). The fourth-order valence-electron chi connectivity index (χ4n) is 2.44. The third kappa shape index (κ3) is 5.26. The number of nitrogens with zero attached hydrogens (tertiary/aromatic N) is 3. The number of hydrogen-bond acceptors (Lipinski definition) is 4. The fourth-order valence-corrected chi connectivity index (χ4v) is 2.44. The Morgan fingerprint density at radius 1 is 1.12 bits per heavy atom. The SMILES string of the molecule is CC(OCc1ccccc1)C(=O)Nc1ccn(CCc2ccncc2)n1. The second-order valence-electron chi connectivity index (χ2n) is 6.00. The monoisotopic (exact) mass is 350 g/mol. The molecule has 2 aromatic heterocycles. The number of benzene rings is 1. The summed E-state index contributed by atoms with van der Waals surface area (Å²) in [6.45, 7) is 2.87. The zero-order valence-electron chi connectivity index (χ0n) is 14.7. The second-order valence-corrected chi connectivity index (χ2v) is 6.00. The molecule has 0 radical (unpaired) electrons. The van der Waals surface area contributed by atoms with Crippen molar-refractivity contribution in [2.75, 3.05) is 5.32 Å². The Labute approximate surface area is 152 Å². The molecule has 0 bridgehead atoms. The minimum atomic E-state index is -0.558. The van der Waals surface area contributed by atoms with E-state index in [1.165, 1.54) is 5.56 Å². The van der Waals surface area contributed by atoms with E-state index in [0.29, 0.717) is 12.4 Å². The van der Waals surface area contributed by atoms with Gasteiger partial charge >= 0.3 is 0 Å². The Hall–Kier alpha value is -2.99. The van der Waals surface area contributed by atoms with E-state index in [0.717, 1.165) is 18.5 Å². The molecule has 0 fully saturated rings. The van der Waals surface area contributed by atoms with Gasteiger partial charge in [0.05, 0.1) is 6.61 Å². The molecule has 0 aliphatic rings. The van der Waals surface area contributed by atoms with Gasteiger partial charge in [-0.1, -0.05) is 30.3 Å². The normalized spacial score (nSPS) is 11.9. The number of anilines is 1. The first-order chi connectivity index (χ1) is 12.7. The van der Waals surface area contributed by atoms with E-state index < -0.39 is 6.10 Å². The average Bonchev–Trinajstić information content (AvgIpc) is 3.13. The molecule has 1 N–H and O–H groups in total. The summed E-state index contributed by atoms with van der Waals surface area (Å²) >= 11 is 0. The molecule has 6 heteroatoms. The van der Waals surface area contributed by atoms with Gasteiger partial charge in [-0.25, -0.2) is 0 Å². The molecule has 1 aromatic carbocycles. The van der Waals surface area contributed by atoms with Crippen molar-refractivity contribution in [3.8, 4) is 0 Å². The Balaban J connectivity index is 1.46. The first kappa shape index (κ1) is 17.8. The quantitative estimate of drug-likeness (QED) is 0.678. The zero-order valence-corrected chi connectivity index (χ0v) is 14.7. The predicted octanol–water partition coefficient (Wildman–Crippen LogP) is 3.06. The molecule has 3 aromatic rings. The number of aromatic nitrogens is 3. The Bertz CT molecular complexity index is 818. The van der Waals surface area contributed by atoms with Gasteiger partial charge in [0.2, 0.25) is 0 Å². The number of aryl methyl sites for hydroxylation is 2. The number of ether oxygens (including phenoxy) is 1. The Morgan fingerprint density at radius 3 is 2.65 bits per heavy atom. The minimum absolute atomic E-state index is 0.208. The molecule has 26 heavy (non-hydrogen) atoms. The van der Waals surface area contributed by atoms with E-state index in [9.17, 15) is 4.79 Å². The smallest absolute Gasteiger partial charge is 0.254 e. The molecule has 1 atom stereocenters. The van der Waals surface area contributed by atoms with Crippen LogP contribution in [0.1, 0.15) is 18.1 Å². The molecule has 3 rings (SSSR count). The summed E-state index contributed by atoms with van der Waals surface area (Å²) in [6, 6.07) is 15.5. The Kier molecular flexibility index (Phi) is 6.11. The highest BCUT2D eigenvalue weighted by Crippen LogP contribution is 2.08. The lowest BCUT2D eigenvalue weighted by atomic mass is 10.2. The fraction of sp³-hybridized carbons (Fsp3) is 0.250. The number of carbonyl (C=O) groups excluding carboxylic acids is 1. The van der Waals surface area contributed by atoms with Crippen LogP contribution in [-0.2, 0) is 29.1 Å². The molecule has 0 saturated heterocycles. The summed E-state index contributed by atoms with van der Waals surface area (Å²) in [5.74, 6) is 0.320. The molecule has 6 nitrogen and oxygen atoms in total. The van der Waals surface area contributed by atoms with Crippen LogP contribution in [0.15, 0.2) is 67.1 Å². The number of hydrogen-bond donors (Lipinski definition) is 1. The summed E-state index contributed by atoms with van der Waals surface area (Å²) in [6.07, 6.45) is 5.71. The van der Waals surface area contributed by atoms with Gasteiger partial charge in [-0.15, -0.1) is 0 Å². The van der Waals surface area contributed by atoms with Gasteiger partial charge in [-0.05, 0) is 36.6 Å². The first-order valence-corrected chi connectivity index (χ1v) is 8.59. The predicted molar refractivity (Wildman–Crippen MR) is 99.5 cm³/mol. The van der Waals surface area contributed by atoms with Crippen LogP contribution in [0.4, 0.5) is 5.82 Å². The zero-order chi connectivity index (χ0) is 18.2. The summed E-state index contributed by atoms with van der Waals surface area (Å²) in [4.78, 5) is 16.2. The van der Waals surface area contributed by atoms with E-state index in [1.54, 1.807) is 25.4 Å². The van der Waals surface area contributed by atoms with Crippen LogP contribution in [0.25, 0.3) is 0 Å². The van der Waals surface area contributed by atoms with Crippen LogP contribution >= 0.6 is 0 Å². The van der Waals surface area contributed by atoms with E-state index in [4.69, 9.17) is 4.74 Å². The maximum absolute atomic E-state index is 12.2. The molecule has 134 valence electrons. The van der Waals surface area contributed by atoms with Crippen LogP contribution in [0.5, 0.6) is 0 Å². The van der Waals surface area contributed by atoms with E-state index in [-0.39, 0.29) is 5.91 Å². The van der Waals surface area contributed by atoms with Crippen molar-refractivity contribution in [1.29, 1.82) is 0 Å². The highest BCUT2D eigenvalue weighted by molar-refractivity contribution is 5.92. The lowest BCUT2D eigenvalue weighted by Crippen LogP contribution is -2.27. The molecule has 0 spiro atoms. The van der Waals surface area contributed by atoms with Gasteiger partial charge in [-0.3, -0.25) is 14.5 Å². The van der Waals surface area contributed by atoms with Gasteiger partial charge in [0.25, 0.3) is 5.91 Å². The van der Waals surface area contributed by atoms with Crippen molar-refractivity contribution in [3.05, 3.63) is 78.2 Å². The van der Waals surface area contributed by atoms with Crippen LogP contribution in [0, 0.1) is 0 Å². The Morgan fingerprint density at radius 2 is 1.88 bits per heavy atom. The lowest BCUT2D eigenvalue weighted by Gasteiger charge is -2.12. The minimum Gasteiger partial charge on any atom is -0.364 e. The molecule has 1 amide bonds. The van der Waals surface area contributed by atoms with Gasteiger partial charge in [0, 0.05) is 31.2 Å². The van der Waals surface area contributed by atoms with Crippen molar-refractivity contribution >= 4 is 11.7 Å². The molecule has 0 aliphatic carbocycles. The summed E-state index contributed by atoms with van der Waals surface area (Å²) < 4.78 is 7.43. The molecule has 0 saturated carbocycles. The van der Waals surface area contributed by atoms with Crippen molar-refractivity contribution in [3.63, 3.8) is 0 Å². The number of nitrogens with one attached hydrogen (secondary N) is 1. The van der Waals surface area contributed by atoms with Crippen LogP contribution in [0.3, 0.4) is 0 Å². The van der Waals surface area contributed by atoms with Crippen LogP contribution < -0.4 is 5.32 Å². The van der Waals surface area contributed by atoms with Crippen molar-refractivity contribution in [1.82, 2.24) is 14.8 Å². The molecule has 1 unspecified atom stereocenters. The van der Waals surface area contributed by atoms with E-state index in [1.807, 2.05) is 53.3 Å². The van der Waals surface area contributed by atoms with Gasteiger partial charge < -0.3 is 10.1 Å². The number of pyridine rings is 1. The largest absolute Gasteiger partial charge is 0.364 e. The highest BCUT2D eigenvalue weighted by Gasteiger charge is 2.14. The molecule has 0 aliphatic heterocycles. The van der Waals surface area contributed by atoms with Crippen LogP contribution in [0.2, 0.25) is 0 Å². The van der Waals surface area contributed by atoms with E-state index >= 15 is 0 Å². The van der Waals surface area contributed by atoms with Gasteiger partial charge in [-0.2, -0.15) is 5.10 Å². The summed E-state index contributed by atoms with van der Waals surface area (Å²) in [5.41, 5.74) is 2.23. The number of rotatable bonds is 8. The molecular formula is C20H22N4O2. The highest BCUT2D eigenvalue weighted by atomic mass is 16.5. The van der Waals surface area contributed by atoms with Crippen molar-refractivity contribution in [2.45, 2.75) is 32.6 Å². The van der Waals surface area contributed by atoms with E-state index in [2.05, 4.69) is 15.4 Å². The van der Waals surface area contributed by atoms with Crippen molar-refractivity contribution in [2.24, 2.45) is 0 Å². The lowest BCUT2D eigenvalue weighted by molar-refractivity contribution is -0.127. The third-order valence-electron chi connectivity index (χ3n) is 3.98. The maximum atomic E-state index is 12.2. The van der Waals surface area contributed by atoms with Crippen molar-refractivity contribution < 1.29 is 9.53 Å². The first-order valence-electron chi connectivity index (χ1n) is 8.59. The van der Waals surface area contributed by atoms with Gasteiger partial charge in [0.1, 0.15) is 6.10 Å². The average molecular weight is 350 g/mol. The summed E-state index contributed by atoms with van der Waals surface area (Å²) in [7, 11) is 0. The molecular weight excluding hydrogens is 328 g/mol. The topological polar surface area (TPSA) is 69.0 Å². The number of carbonyl (C=O) groups is 1. The second kappa shape index (κ2) is 8.92. The maximum Gasteiger partial charge on any atom is 0.254 e. The molecule has 2 heterocycles. The summed E-state index contributed by atoms with van der Waals surface area (Å²) in [5, 5.41) is 7.17. The van der Waals surface area contributed by atoms with Crippen LogP contribution in [-0.4, -0.2) is 26.8 Å².